The molecule has 2 aromatic carbocycles. The van der Waals surface area contributed by atoms with E-state index in [1.807, 2.05) is 19.1 Å². The Morgan fingerprint density at radius 3 is 2.67 bits per heavy atom. The molecule has 0 radical (unpaired) electrons. The van der Waals surface area contributed by atoms with Gasteiger partial charge < -0.3 is 4.42 Å². The summed E-state index contributed by atoms with van der Waals surface area (Å²) < 4.78 is 6.56. The van der Waals surface area contributed by atoms with Gasteiger partial charge in [-0.15, -0.1) is 0 Å². The molecule has 0 spiro atoms. The lowest BCUT2D eigenvalue weighted by atomic mass is 10.1. The van der Waals surface area contributed by atoms with Crippen LogP contribution in [0.1, 0.15) is 27.2 Å². The highest BCUT2D eigenvalue weighted by Gasteiger charge is 2.23. The van der Waals surface area contributed by atoms with Gasteiger partial charge in [-0.25, -0.2) is 4.98 Å². The molecule has 0 N–H and O–H groups in total. The molecule has 136 valence electrons. The van der Waals surface area contributed by atoms with Crippen molar-refractivity contribution in [1.82, 2.24) is 4.98 Å². The number of benzene rings is 2. The zero-order valence-electron chi connectivity index (χ0n) is 14.9. The van der Waals surface area contributed by atoms with Crippen molar-refractivity contribution in [2.45, 2.75) is 20.4 Å². The van der Waals surface area contributed by atoms with Crippen LogP contribution < -0.4 is 4.90 Å². The smallest absolute Gasteiger partial charge is 0.260 e. The van der Waals surface area contributed by atoms with E-state index in [9.17, 15) is 4.79 Å². The number of aryl methyl sites for hydroxylation is 2. The van der Waals surface area contributed by atoms with Crippen molar-refractivity contribution in [3.8, 4) is 0 Å². The SMILES string of the molecule is Cc1ccc(C)c2sc(N(Cc3ccco3)C(=O)c3cccc(Cl)c3)nc12. The van der Waals surface area contributed by atoms with Gasteiger partial charge in [-0.2, -0.15) is 0 Å². The van der Waals surface area contributed by atoms with Crippen LogP contribution in [0.25, 0.3) is 10.2 Å². The second-order valence-corrected chi connectivity index (χ2v) is 7.77. The molecule has 0 saturated heterocycles. The number of fused-ring (bicyclic) bond motifs is 1. The molecule has 0 aliphatic carbocycles. The summed E-state index contributed by atoms with van der Waals surface area (Å²) in [6.45, 7) is 4.39. The number of hydrogen-bond donors (Lipinski definition) is 0. The van der Waals surface area contributed by atoms with E-state index in [2.05, 4.69) is 19.1 Å². The lowest BCUT2D eigenvalue weighted by molar-refractivity contribution is 0.0983. The van der Waals surface area contributed by atoms with Gasteiger partial charge in [-0.1, -0.05) is 41.1 Å². The summed E-state index contributed by atoms with van der Waals surface area (Å²) in [7, 11) is 0. The average molecular weight is 397 g/mol. The van der Waals surface area contributed by atoms with Gasteiger partial charge in [0.15, 0.2) is 5.13 Å². The summed E-state index contributed by atoms with van der Waals surface area (Å²) in [6, 6.07) is 14.7. The Labute approximate surface area is 166 Å². The van der Waals surface area contributed by atoms with E-state index in [1.165, 1.54) is 11.3 Å². The first-order valence-corrected chi connectivity index (χ1v) is 9.69. The summed E-state index contributed by atoms with van der Waals surface area (Å²) in [5, 5.41) is 1.17. The molecule has 4 nitrogen and oxygen atoms in total. The van der Waals surface area contributed by atoms with Crippen LogP contribution in [0.3, 0.4) is 0 Å². The van der Waals surface area contributed by atoms with E-state index in [1.54, 1.807) is 35.4 Å². The second-order valence-electron chi connectivity index (χ2n) is 6.35. The number of rotatable bonds is 4. The molecule has 0 unspecified atom stereocenters. The van der Waals surface area contributed by atoms with Crippen LogP contribution in [0, 0.1) is 13.8 Å². The van der Waals surface area contributed by atoms with Gasteiger partial charge in [0.05, 0.1) is 23.0 Å². The van der Waals surface area contributed by atoms with Gasteiger partial charge >= 0.3 is 0 Å². The standard InChI is InChI=1S/C21H17ClN2O2S/c1-13-8-9-14(2)19-18(13)23-21(27-19)24(12-17-7-4-10-26-17)20(25)15-5-3-6-16(22)11-15/h3-11H,12H2,1-2H3. The molecular weight excluding hydrogens is 380 g/mol. The molecule has 0 aliphatic heterocycles. The molecule has 27 heavy (non-hydrogen) atoms. The van der Waals surface area contributed by atoms with E-state index in [0.717, 1.165) is 21.3 Å². The maximum absolute atomic E-state index is 13.3. The highest BCUT2D eigenvalue weighted by molar-refractivity contribution is 7.22. The van der Waals surface area contributed by atoms with Crippen molar-refractivity contribution in [3.63, 3.8) is 0 Å². The van der Waals surface area contributed by atoms with E-state index < -0.39 is 0 Å². The molecule has 4 rings (SSSR count). The average Bonchev–Trinajstić information content (AvgIpc) is 3.32. The molecule has 0 atom stereocenters. The maximum Gasteiger partial charge on any atom is 0.260 e. The summed E-state index contributed by atoms with van der Waals surface area (Å²) in [5.74, 6) is 0.529. The molecule has 6 heteroatoms. The highest BCUT2D eigenvalue weighted by atomic mass is 35.5. The normalized spacial score (nSPS) is 11.1. The minimum absolute atomic E-state index is 0.164. The van der Waals surface area contributed by atoms with E-state index >= 15 is 0 Å². The predicted molar refractivity (Wildman–Crippen MR) is 110 cm³/mol. The Hall–Kier alpha value is -2.63. The van der Waals surface area contributed by atoms with Crippen LogP contribution in [0.5, 0.6) is 0 Å². The quantitative estimate of drug-likeness (QED) is 0.424. The van der Waals surface area contributed by atoms with E-state index in [0.29, 0.717) is 28.0 Å². The Morgan fingerprint density at radius 1 is 1.15 bits per heavy atom. The van der Waals surface area contributed by atoms with Crippen molar-refractivity contribution in [2.24, 2.45) is 0 Å². The predicted octanol–water partition coefficient (Wildman–Crippen LogP) is 6.01. The fraction of sp³-hybridized carbons (Fsp3) is 0.143. The van der Waals surface area contributed by atoms with Gasteiger partial charge in [-0.3, -0.25) is 9.69 Å². The summed E-state index contributed by atoms with van der Waals surface area (Å²) >= 11 is 7.60. The number of furan rings is 1. The van der Waals surface area contributed by atoms with Gasteiger partial charge in [0, 0.05) is 10.6 Å². The molecule has 2 aromatic heterocycles. The van der Waals surface area contributed by atoms with Gasteiger partial charge in [0.1, 0.15) is 5.76 Å². The lowest BCUT2D eigenvalue weighted by Gasteiger charge is -2.19. The third-order valence-corrected chi connectivity index (χ3v) is 5.82. The topological polar surface area (TPSA) is 46.3 Å². The zero-order chi connectivity index (χ0) is 19.0. The second kappa shape index (κ2) is 7.18. The number of thiazole rings is 1. The minimum atomic E-state index is -0.164. The summed E-state index contributed by atoms with van der Waals surface area (Å²) in [6.07, 6.45) is 1.60. The summed E-state index contributed by atoms with van der Waals surface area (Å²) in [5.41, 5.74) is 3.68. The molecule has 0 fully saturated rings. The molecule has 0 bridgehead atoms. The van der Waals surface area contributed by atoms with Gasteiger partial charge in [0.25, 0.3) is 5.91 Å². The van der Waals surface area contributed by atoms with Crippen molar-refractivity contribution in [1.29, 1.82) is 0 Å². The van der Waals surface area contributed by atoms with Crippen LogP contribution in [-0.4, -0.2) is 10.9 Å². The first-order chi connectivity index (χ1) is 13.0. The number of carbonyl (C=O) groups is 1. The minimum Gasteiger partial charge on any atom is -0.467 e. The number of carbonyl (C=O) groups excluding carboxylic acids is 1. The third kappa shape index (κ3) is 3.48. The number of anilines is 1. The van der Waals surface area contributed by atoms with Gasteiger partial charge in [-0.05, 0) is 55.3 Å². The van der Waals surface area contributed by atoms with Crippen LogP contribution in [-0.2, 0) is 6.54 Å². The Kier molecular flexibility index (Phi) is 4.72. The van der Waals surface area contributed by atoms with Crippen molar-refractivity contribution in [3.05, 3.63) is 82.3 Å². The number of nitrogens with zero attached hydrogens (tertiary/aromatic N) is 2. The Balaban J connectivity index is 1.82. The Morgan fingerprint density at radius 2 is 1.96 bits per heavy atom. The molecular formula is C21H17ClN2O2S. The monoisotopic (exact) mass is 396 g/mol. The molecule has 1 amide bonds. The number of amides is 1. The Bertz CT molecular complexity index is 1080. The number of hydrogen-bond acceptors (Lipinski definition) is 4. The summed E-state index contributed by atoms with van der Waals surface area (Å²) in [4.78, 5) is 19.7. The van der Waals surface area contributed by atoms with Crippen molar-refractivity contribution in [2.75, 3.05) is 4.90 Å². The van der Waals surface area contributed by atoms with Crippen molar-refractivity contribution >= 4 is 44.2 Å². The van der Waals surface area contributed by atoms with E-state index in [-0.39, 0.29) is 5.91 Å². The molecule has 4 aromatic rings. The lowest BCUT2D eigenvalue weighted by Crippen LogP contribution is -2.30. The van der Waals surface area contributed by atoms with E-state index in [4.69, 9.17) is 21.0 Å². The first-order valence-electron chi connectivity index (χ1n) is 8.49. The van der Waals surface area contributed by atoms with Crippen LogP contribution >= 0.6 is 22.9 Å². The van der Waals surface area contributed by atoms with Crippen LogP contribution in [0.15, 0.2) is 59.2 Å². The fourth-order valence-corrected chi connectivity index (χ4v) is 4.23. The first kappa shape index (κ1) is 17.8. The number of halogens is 1. The number of aromatic nitrogens is 1. The van der Waals surface area contributed by atoms with Gasteiger partial charge in [0.2, 0.25) is 0 Å². The molecule has 0 aliphatic rings. The van der Waals surface area contributed by atoms with Crippen LogP contribution in [0.2, 0.25) is 5.02 Å². The highest BCUT2D eigenvalue weighted by Crippen LogP contribution is 2.34. The molecule has 2 heterocycles. The maximum atomic E-state index is 13.3. The zero-order valence-corrected chi connectivity index (χ0v) is 16.5. The van der Waals surface area contributed by atoms with Crippen molar-refractivity contribution < 1.29 is 9.21 Å². The molecule has 0 saturated carbocycles. The fourth-order valence-electron chi connectivity index (χ4n) is 2.93. The largest absolute Gasteiger partial charge is 0.467 e. The third-order valence-electron chi connectivity index (χ3n) is 4.37. The van der Waals surface area contributed by atoms with Crippen LogP contribution in [0.4, 0.5) is 5.13 Å².